The number of likely N-dealkylation sites (N-methyl/N-ethyl adjacent to an activating group) is 1. The molecule has 2 amide bonds. The van der Waals surface area contributed by atoms with E-state index in [9.17, 15) is 14.0 Å². The van der Waals surface area contributed by atoms with E-state index in [1.54, 1.807) is 4.90 Å². The lowest BCUT2D eigenvalue weighted by Gasteiger charge is -2.31. The zero-order valence-corrected chi connectivity index (χ0v) is 19.0. The third kappa shape index (κ3) is 7.17. The number of benzene rings is 3. The SMILES string of the molecule is CCNC(=O)[C@H](Cc1ccccc1)N(Cc1ccc(C)cc1)C(=O)COc1ccc(F)cc1. The minimum atomic E-state index is -0.710. The number of carbonyl (C=O) groups is 2. The predicted octanol–water partition coefficient (Wildman–Crippen LogP) is 4.29. The smallest absolute Gasteiger partial charge is 0.261 e. The molecular formula is C27H29FN2O3. The summed E-state index contributed by atoms with van der Waals surface area (Å²) < 4.78 is 18.8. The monoisotopic (exact) mass is 448 g/mol. The fourth-order valence-corrected chi connectivity index (χ4v) is 3.49. The molecule has 0 unspecified atom stereocenters. The third-order valence-electron chi connectivity index (χ3n) is 5.27. The maximum Gasteiger partial charge on any atom is 0.261 e. The zero-order chi connectivity index (χ0) is 23.6. The van der Waals surface area contributed by atoms with Crippen LogP contribution < -0.4 is 10.1 Å². The van der Waals surface area contributed by atoms with Crippen molar-refractivity contribution in [3.63, 3.8) is 0 Å². The molecule has 0 fully saturated rings. The molecule has 0 spiro atoms. The van der Waals surface area contributed by atoms with Gasteiger partial charge in [-0.2, -0.15) is 0 Å². The number of nitrogens with one attached hydrogen (secondary N) is 1. The van der Waals surface area contributed by atoms with Crippen LogP contribution in [0.4, 0.5) is 4.39 Å². The first-order valence-electron chi connectivity index (χ1n) is 11.0. The van der Waals surface area contributed by atoms with E-state index >= 15 is 0 Å². The molecule has 33 heavy (non-hydrogen) atoms. The van der Waals surface area contributed by atoms with Crippen LogP contribution in [0.3, 0.4) is 0 Å². The van der Waals surface area contributed by atoms with E-state index in [0.717, 1.165) is 16.7 Å². The number of rotatable bonds is 10. The van der Waals surface area contributed by atoms with Gasteiger partial charge in [-0.05, 0) is 49.2 Å². The third-order valence-corrected chi connectivity index (χ3v) is 5.27. The maximum atomic E-state index is 13.3. The molecule has 3 rings (SSSR count). The van der Waals surface area contributed by atoms with Crippen molar-refractivity contribution in [1.82, 2.24) is 10.2 Å². The van der Waals surface area contributed by atoms with E-state index in [-0.39, 0.29) is 30.8 Å². The van der Waals surface area contributed by atoms with Crippen molar-refractivity contribution >= 4 is 11.8 Å². The van der Waals surface area contributed by atoms with E-state index in [2.05, 4.69) is 5.32 Å². The molecule has 1 atom stereocenters. The van der Waals surface area contributed by atoms with Crippen LogP contribution in [0.1, 0.15) is 23.6 Å². The van der Waals surface area contributed by atoms with Gasteiger partial charge in [0.1, 0.15) is 17.6 Å². The summed E-state index contributed by atoms with van der Waals surface area (Å²) >= 11 is 0. The van der Waals surface area contributed by atoms with Gasteiger partial charge in [-0.3, -0.25) is 9.59 Å². The summed E-state index contributed by atoms with van der Waals surface area (Å²) in [7, 11) is 0. The molecule has 0 aliphatic carbocycles. The van der Waals surface area contributed by atoms with Crippen LogP contribution in [-0.4, -0.2) is 35.9 Å². The van der Waals surface area contributed by atoms with Crippen molar-refractivity contribution in [3.05, 3.63) is 101 Å². The van der Waals surface area contributed by atoms with Crippen LogP contribution in [0.5, 0.6) is 5.75 Å². The minimum Gasteiger partial charge on any atom is -0.484 e. The van der Waals surface area contributed by atoms with E-state index in [4.69, 9.17) is 4.74 Å². The summed E-state index contributed by atoms with van der Waals surface area (Å²) in [6.45, 7) is 4.31. The van der Waals surface area contributed by atoms with Gasteiger partial charge >= 0.3 is 0 Å². The quantitative estimate of drug-likeness (QED) is 0.503. The molecule has 3 aromatic rings. The van der Waals surface area contributed by atoms with Gasteiger partial charge in [-0.25, -0.2) is 4.39 Å². The topological polar surface area (TPSA) is 58.6 Å². The highest BCUT2D eigenvalue weighted by molar-refractivity contribution is 5.88. The molecule has 0 saturated carbocycles. The number of ether oxygens (including phenoxy) is 1. The number of halogens is 1. The fourth-order valence-electron chi connectivity index (χ4n) is 3.49. The molecule has 3 aromatic carbocycles. The summed E-state index contributed by atoms with van der Waals surface area (Å²) in [5.74, 6) is -0.540. The Kier molecular flexibility index (Phi) is 8.58. The average molecular weight is 449 g/mol. The van der Waals surface area contributed by atoms with Gasteiger partial charge in [0.15, 0.2) is 6.61 Å². The molecule has 0 saturated heterocycles. The normalized spacial score (nSPS) is 11.5. The molecule has 0 aliphatic rings. The Morgan fingerprint density at radius 3 is 2.24 bits per heavy atom. The number of carbonyl (C=O) groups excluding carboxylic acids is 2. The Morgan fingerprint density at radius 1 is 0.939 bits per heavy atom. The standard InChI is InChI=1S/C27H29FN2O3/c1-3-29-27(32)25(17-21-7-5-4-6-8-21)30(18-22-11-9-20(2)10-12-22)26(31)19-33-24-15-13-23(28)14-16-24/h4-16,25H,3,17-19H2,1-2H3,(H,29,32)/t25-/m0/s1. The largest absolute Gasteiger partial charge is 0.484 e. The van der Waals surface area contributed by atoms with Crippen LogP contribution in [0.15, 0.2) is 78.9 Å². The number of hydrogen-bond donors (Lipinski definition) is 1. The lowest BCUT2D eigenvalue weighted by molar-refractivity contribution is -0.142. The maximum absolute atomic E-state index is 13.3. The van der Waals surface area contributed by atoms with Gasteiger partial charge in [-0.15, -0.1) is 0 Å². The molecule has 0 heterocycles. The second kappa shape index (κ2) is 11.8. The second-order valence-electron chi connectivity index (χ2n) is 7.85. The average Bonchev–Trinajstić information content (AvgIpc) is 2.82. The lowest BCUT2D eigenvalue weighted by Crippen LogP contribution is -2.51. The molecule has 6 heteroatoms. The molecule has 0 bridgehead atoms. The summed E-state index contributed by atoms with van der Waals surface area (Å²) in [5.41, 5.74) is 2.98. The van der Waals surface area contributed by atoms with E-state index < -0.39 is 6.04 Å². The molecule has 0 radical (unpaired) electrons. The van der Waals surface area contributed by atoms with Crippen molar-refractivity contribution in [2.24, 2.45) is 0 Å². The van der Waals surface area contributed by atoms with Gasteiger partial charge in [0, 0.05) is 19.5 Å². The van der Waals surface area contributed by atoms with Gasteiger partial charge in [0.25, 0.3) is 5.91 Å². The Hall–Kier alpha value is -3.67. The Balaban J connectivity index is 1.87. The molecule has 0 aromatic heterocycles. The lowest BCUT2D eigenvalue weighted by atomic mass is 10.0. The van der Waals surface area contributed by atoms with Crippen LogP contribution in [0.2, 0.25) is 0 Å². The van der Waals surface area contributed by atoms with Gasteiger partial charge < -0.3 is 15.0 Å². The van der Waals surface area contributed by atoms with E-state index in [1.807, 2.05) is 68.4 Å². The van der Waals surface area contributed by atoms with Crippen LogP contribution in [0.25, 0.3) is 0 Å². The van der Waals surface area contributed by atoms with Crippen molar-refractivity contribution in [2.45, 2.75) is 32.9 Å². The molecular weight excluding hydrogens is 419 g/mol. The van der Waals surface area contributed by atoms with Crippen molar-refractivity contribution in [2.75, 3.05) is 13.2 Å². The summed E-state index contributed by atoms with van der Waals surface area (Å²) in [4.78, 5) is 28.0. The molecule has 1 N–H and O–H groups in total. The highest BCUT2D eigenvalue weighted by Gasteiger charge is 2.30. The summed E-state index contributed by atoms with van der Waals surface area (Å²) in [6.07, 6.45) is 0.376. The van der Waals surface area contributed by atoms with E-state index in [0.29, 0.717) is 18.7 Å². The number of amides is 2. The number of nitrogens with zero attached hydrogens (tertiary/aromatic N) is 1. The fraction of sp³-hybridized carbons (Fsp3) is 0.259. The summed E-state index contributed by atoms with van der Waals surface area (Å²) in [5, 5.41) is 2.86. The predicted molar refractivity (Wildman–Crippen MR) is 126 cm³/mol. The van der Waals surface area contributed by atoms with Crippen molar-refractivity contribution in [3.8, 4) is 5.75 Å². The number of aryl methyl sites for hydroxylation is 1. The highest BCUT2D eigenvalue weighted by Crippen LogP contribution is 2.17. The van der Waals surface area contributed by atoms with E-state index in [1.165, 1.54) is 24.3 Å². The highest BCUT2D eigenvalue weighted by atomic mass is 19.1. The first-order chi connectivity index (χ1) is 16.0. The Labute approximate surface area is 194 Å². The van der Waals surface area contributed by atoms with Gasteiger partial charge in [-0.1, -0.05) is 60.2 Å². The molecule has 0 aliphatic heterocycles. The molecule has 172 valence electrons. The van der Waals surface area contributed by atoms with Gasteiger partial charge in [0.2, 0.25) is 5.91 Å². The van der Waals surface area contributed by atoms with Crippen LogP contribution in [0, 0.1) is 12.7 Å². The van der Waals surface area contributed by atoms with Crippen LogP contribution in [-0.2, 0) is 22.6 Å². The molecule has 5 nitrogen and oxygen atoms in total. The second-order valence-corrected chi connectivity index (χ2v) is 7.85. The Bertz CT molecular complexity index is 1040. The number of hydrogen-bond acceptors (Lipinski definition) is 3. The first kappa shape index (κ1) is 24.0. The zero-order valence-electron chi connectivity index (χ0n) is 19.0. The van der Waals surface area contributed by atoms with Gasteiger partial charge in [0.05, 0.1) is 0 Å². The first-order valence-corrected chi connectivity index (χ1v) is 11.0. The summed E-state index contributed by atoms with van der Waals surface area (Å²) in [6, 6.07) is 22.3. The Morgan fingerprint density at radius 2 is 1.61 bits per heavy atom. The van der Waals surface area contributed by atoms with Crippen molar-refractivity contribution < 1.29 is 18.7 Å². The van der Waals surface area contributed by atoms with Crippen molar-refractivity contribution in [1.29, 1.82) is 0 Å². The van der Waals surface area contributed by atoms with Crippen LogP contribution >= 0.6 is 0 Å². The minimum absolute atomic E-state index is 0.219.